The lowest BCUT2D eigenvalue weighted by Gasteiger charge is -2.12. The van der Waals surface area contributed by atoms with Crippen molar-refractivity contribution >= 4 is 34.7 Å². The zero-order chi connectivity index (χ0) is 24.4. The number of thiophene rings is 1. The average molecular weight is 475 g/mol. The van der Waals surface area contributed by atoms with Gasteiger partial charge in [-0.2, -0.15) is 0 Å². The number of benzene rings is 1. The molecule has 4 rings (SSSR count). The Bertz CT molecular complexity index is 1410. The molecular formula is C27H26N2O4S. The Morgan fingerprint density at radius 2 is 2.00 bits per heavy atom. The van der Waals surface area contributed by atoms with E-state index in [2.05, 4.69) is 35.8 Å². The zero-order valence-electron chi connectivity index (χ0n) is 19.4. The summed E-state index contributed by atoms with van der Waals surface area (Å²) >= 11 is 1.68. The van der Waals surface area contributed by atoms with Gasteiger partial charge in [-0.1, -0.05) is 43.8 Å². The van der Waals surface area contributed by atoms with Gasteiger partial charge in [-0.15, -0.1) is 11.3 Å². The van der Waals surface area contributed by atoms with E-state index in [4.69, 9.17) is 9.84 Å². The van der Waals surface area contributed by atoms with E-state index in [1.54, 1.807) is 11.3 Å². The van der Waals surface area contributed by atoms with E-state index in [0.717, 1.165) is 32.1 Å². The summed E-state index contributed by atoms with van der Waals surface area (Å²) in [6, 6.07) is 12.4. The molecule has 0 saturated heterocycles. The molecular weight excluding hydrogens is 448 g/mol. The number of carboxylic acids is 1. The van der Waals surface area contributed by atoms with E-state index in [1.165, 1.54) is 6.92 Å². The molecule has 0 amide bonds. The first-order valence-corrected chi connectivity index (χ1v) is 11.8. The van der Waals surface area contributed by atoms with E-state index in [-0.39, 0.29) is 11.7 Å². The number of Topliss-reactive ketones (excluding diaryl/α,β-unsaturated/α-hetero) is 1. The number of aromatic nitrogens is 2. The standard InChI is InChI=1S/C27H26N2O4S/c1-5-19-11-12-23(34-19)21-10-8-7-9-18(21)13-22-20(6-2)25(17(4)30)26-27(33-15-24(31)32)28-16(3)14-29(22)26/h5,7-12,14H,1,6,13,15H2,2-4H3,(H,31,32). The lowest BCUT2D eigenvalue weighted by molar-refractivity contribution is -0.139. The van der Waals surface area contributed by atoms with Gasteiger partial charge in [-0.25, -0.2) is 9.78 Å². The minimum Gasteiger partial charge on any atom is -0.479 e. The molecule has 4 aromatic rings. The first-order chi connectivity index (χ1) is 16.3. The summed E-state index contributed by atoms with van der Waals surface area (Å²) in [5.41, 5.74) is 5.89. The van der Waals surface area contributed by atoms with E-state index >= 15 is 0 Å². The van der Waals surface area contributed by atoms with Crippen LogP contribution in [0.15, 0.2) is 49.2 Å². The van der Waals surface area contributed by atoms with Gasteiger partial charge >= 0.3 is 5.97 Å². The van der Waals surface area contributed by atoms with Crippen LogP contribution in [0.3, 0.4) is 0 Å². The Labute approximate surface area is 202 Å². The fraction of sp³-hybridized carbons (Fsp3) is 0.222. The Kier molecular flexibility index (Phi) is 6.65. The van der Waals surface area contributed by atoms with E-state index in [9.17, 15) is 9.59 Å². The number of carbonyl (C=O) groups excluding carboxylic acids is 1. The molecule has 34 heavy (non-hydrogen) atoms. The molecule has 1 aromatic carbocycles. The third-order valence-electron chi connectivity index (χ3n) is 5.72. The molecule has 0 aliphatic heterocycles. The average Bonchev–Trinajstić information content (AvgIpc) is 3.40. The topological polar surface area (TPSA) is 80.9 Å². The predicted octanol–water partition coefficient (Wildman–Crippen LogP) is 5.83. The number of nitrogens with zero attached hydrogens (tertiary/aromatic N) is 2. The first-order valence-electron chi connectivity index (χ1n) is 11.0. The molecule has 1 N–H and O–H groups in total. The van der Waals surface area contributed by atoms with Crippen LogP contribution < -0.4 is 4.74 Å². The SMILES string of the molecule is C=Cc1ccc(-c2ccccc2Cc2c(CC)c(C(C)=O)c3c(OCC(=O)O)nc(C)cn23)s1. The predicted molar refractivity (Wildman–Crippen MR) is 135 cm³/mol. The highest BCUT2D eigenvalue weighted by Crippen LogP contribution is 2.36. The molecule has 0 bridgehead atoms. The molecule has 174 valence electrons. The number of hydrogen-bond donors (Lipinski definition) is 1. The third-order valence-corrected chi connectivity index (χ3v) is 6.84. The zero-order valence-corrected chi connectivity index (χ0v) is 20.2. The second-order valence-corrected chi connectivity index (χ2v) is 9.15. The molecule has 7 heteroatoms. The molecule has 0 saturated carbocycles. The minimum atomic E-state index is -1.10. The number of aryl methyl sites for hydroxylation is 1. The smallest absolute Gasteiger partial charge is 0.341 e. The number of carboxylic acid groups (broad SMARTS) is 1. The Balaban J connectivity index is 1.93. The molecule has 3 aromatic heterocycles. The number of hydrogen-bond acceptors (Lipinski definition) is 5. The highest BCUT2D eigenvalue weighted by atomic mass is 32.1. The van der Waals surface area contributed by atoms with Crippen LogP contribution in [-0.2, 0) is 17.6 Å². The second-order valence-electron chi connectivity index (χ2n) is 8.04. The van der Waals surface area contributed by atoms with Gasteiger partial charge in [0.05, 0.1) is 11.3 Å². The van der Waals surface area contributed by atoms with Crippen LogP contribution in [0.1, 0.15) is 51.6 Å². The summed E-state index contributed by atoms with van der Waals surface area (Å²) in [5, 5.41) is 9.12. The lowest BCUT2D eigenvalue weighted by atomic mass is 9.97. The van der Waals surface area contributed by atoms with Crippen LogP contribution in [-0.4, -0.2) is 32.9 Å². The minimum absolute atomic E-state index is 0.103. The van der Waals surface area contributed by atoms with Gasteiger partial charge < -0.3 is 14.2 Å². The Hall–Kier alpha value is -3.71. The summed E-state index contributed by atoms with van der Waals surface area (Å²) in [4.78, 5) is 30.6. The molecule has 0 aliphatic carbocycles. The van der Waals surface area contributed by atoms with Gasteiger partial charge in [0.2, 0.25) is 5.88 Å². The monoisotopic (exact) mass is 474 g/mol. The van der Waals surface area contributed by atoms with Crippen LogP contribution in [0.4, 0.5) is 0 Å². The van der Waals surface area contributed by atoms with Crippen LogP contribution in [0.5, 0.6) is 5.88 Å². The molecule has 3 heterocycles. The van der Waals surface area contributed by atoms with Crippen molar-refractivity contribution in [3.05, 3.63) is 82.1 Å². The fourth-order valence-corrected chi connectivity index (χ4v) is 5.27. The van der Waals surface area contributed by atoms with Gasteiger partial charge in [-0.3, -0.25) is 4.79 Å². The second kappa shape index (κ2) is 9.65. The van der Waals surface area contributed by atoms with Crippen molar-refractivity contribution in [1.29, 1.82) is 0 Å². The summed E-state index contributed by atoms with van der Waals surface area (Å²) in [6.45, 7) is 8.70. The maximum absolute atomic E-state index is 12.8. The summed E-state index contributed by atoms with van der Waals surface area (Å²) in [6.07, 6.45) is 4.97. The van der Waals surface area contributed by atoms with Gasteiger partial charge in [0.1, 0.15) is 5.52 Å². The van der Waals surface area contributed by atoms with Gasteiger partial charge in [-0.05, 0) is 49.1 Å². The van der Waals surface area contributed by atoms with Crippen molar-refractivity contribution in [1.82, 2.24) is 9.38 Å². The van der Waals surface area contributed by atoms with Crippen molar-refractivity contribution < 1.29 is 19.4 Å². The first kappa shape index (κ1) is 23.4. The number of rotatable bonds is 9. The normalized spacial score (nSPS) is 11.0. The third kappa shape index (κ3) is 4.39. The summed E-state index contributed by atoms with van der Waals surface area (Å²) < 4.78 is 7.49. The maximum atomic E-state index is 12.8. The summed E-state index contributed by atoms with van der Waals surface area (Å²) in [7, 11) is 0. The molecule has 0 aliphatic rings. The maximum Gasteiger partial charge on any atom is 0.341 e. The number of ether oxygens (including phenoxy) is 1. The molecule has 0 fully saturated rings. The van der Waals surface area contributed by atoms with Crippen LogP contribution in [0.25, 0.3) is 22.0 Å². The fourth-order valence-electron chi connectivity index (χ4n) is 4.35. The highest BCUT2D eigenvalue weighted by molar-refractivity contribution is 7.16. The quantitative estimate of drug-likeness (QED) is 0.309. The number of ketones is 1. The highest BCUT2D eigenvalue weighted by Gasteiger charge is 2.25. The molecule has 6 nitrogen and oxygen atoms in total. The molecule has 0 unspecified atom stereocenters. The van der Waals surface area contributed by atoms with Crippen LogP contribution in [0.2, 0.25) is 0 Å². The number of aliphatic carboxylic acids is 1. The van der Waals surface area contributed by atoms with E-state index in [1.807, 2.05) is 42.7 Å². The van der Waals surface area contributed by atoms with Crippen LogP contribution in [0, 0.1) is 6.92 Å². The van der Waals surface area contributed by atoms with Crippen molar-refractivity contribution in [2.45, 2.75) is 33.6 Å². The largest absolute Gasteiger partial charge is 0.479 e. The van der Waals surface area contributed by atoms with Crippen LogP contribution >= 0.6 is 11.3 Å². The van der Waals surface area contributed by atoms with Crippen molar-refractivity contribution in [3.63, 3.8) is 0 Å². The molecule has 0 atom stereocenters. The Morgan fingerprint density at radius 1 is 1.24 bits per heavy atom. The van der Waals surface area contributed by atoms with Crippen molar-refractivity contribution in [2.75, 3.05) is 6.61 Å². The van der Waals surface area contributed by atoms with E-state index in [0.29, 0.717) is 29.6 Å². The molecule has 0 spiro atoms. The molecule has 0 radical (unpaired) electrons. The van der Waals surface area contributed by atoms with Crippen molar-refractivity contribution in [2.24, 2.45) is 0 Å². The van der Waals surface area contributed by atoms with E-state index < -0.39 is 12.6 Å². The van der Waals surface area contributed by atoms with Gasteiger partial charge in [0.15, 0.2) is 12.4 Å². The van der Waals surface area contributed by atoms with Crippen molar-refractivity contribution in [3.8, 4) is 16.3 Å². The Morgan fingerprint density at radius 3 is 2.65 bits per heavy atom. The van der Waals surface area contributed by atoms with Gasteiger partial charge in [0, 0.05) is 28.1 Å². The number of carbonyl (C=O) groups is 2. The van der Waals surface area contributed by atoms with Gasteiger partial charge in [0.25, 0.3) is 0 Å². The lowest BCUT2D eigenvalue weighted by Crippen LogP contribution is -2.12. The number of fused-ring (bicyclic) bond motifs is 1. The summed E-state index contributed by atoms with van der Waals surface area (Å²) in [5.74, 6) is -1.04.